The van der Waals surface area contributed by atoms with Crippen LogP contribution in [0.5, 0.6) is 0 Å². The topological polar surface area (TPSA) is 134 Å². The van der Waals surface area contributed by atoms with Crippen LogP contribution in [0.2, 0.25) is 0 Å². The lowest BCUT2D eigenvalue weighted by Gasteiger charge is -2.15. The van der Waals surface area contributed by atoms with Gasteiger partial charge in [-0.25, -0.2) is 0 Å². The zero-order chi connectivity index (χ0) is 21.5. The van der Waals surface area contributed by atoms with Crippen molar-refractivity contribution in [2.24, 2.45) is 5.92 Å². The van der Waals surface area contributed by atoms with E-state index in [1.165, 1.54) is 6.20 Å². The maximum atomic E-state index is 12.5. The van der Waals surface area contributed by atoms with Crippen LogP contribution < -0.4 is 10.6 Å². The van der Waals surface area contributed by atoms with Gasteiger partial charge in [-0.3, -0.25) is 19.1 Å². The highest BCUT2D eigenvalue weighted by Gasteiger charge is 2.39. The highest BCUT2D eigenvalue weighted by molar-refractivity contribution is 5.94. The van der Waals surface area contributed by atoms with Crippen LogP contribution in [0.1, 0.15) is 41.6 Å². The second-order valence-corrected chi connectivity index (χ2v) is 7.62. The standard InChI is InChI=1S/C20H24N4O3.CH2O2/c25-18-9-14(19(26)22-16-6-7-16)8-17(18)23-20(27)15-10-21-24(12-15)11-13-4-2-1-3-5-13;2-1-3/h1-5,10,12,14,16-18,25H,6-9,11H2,(H,22,26)(H,23,27);1H,(H,2,3)/t14-,17-,18-;/m0./s1. The molecule has 2 amide bonds. The molecule has 2 aliphatic rings. The lowest BCUT2D eigenvalue weighted by Crippen LogP contribution is -2.40. The van der Waals surface area contributed by atoms with E-state index in [1.807, 2.05) is 30.3 Å². The second kappa shape index (κ2) is 10.0. The van der Waals surface area contributed by atoms with Gasteiger partial charge in [0.25, 0.3) is 12.4 Å². The fourth-order valence-corrected chi connectivity index (χ4v) is 3.52. The fourth-order valence-electron chi connectivity index (χ4n) is 3.52. The molecule has 0 radical (unpaired) electrons. The molecule has 2 aliphatic carbocycles. The molecule has 160 valence electrons. The molecular formula is C21H26N4O5. The Morgan fingerprint density at radius 1 is 1.17 bits per heavy atom. The van der Waals surface area contributed by atoms with Crippen molar-refractivity contribution >= 4 is 18.3 Å². The number of carbonyl (C=O) groups is 3. The van der Waals surface area contributed by atoms with E-state index in [4.69, 9.17) is 9.90 Å². The molecule has 1 aromatic carbocycles. The van der Waals surface area contributed by atoms with Gasteiger partial charge in [0, 0.05) is 18.2 Å². The van der Waals surface area contributed by atoms with Crippen molar-refractivity contribution in [3.63, 3.8) is 0 Å². The van der Waals surface area contributed by atoms with Crippen molar-refractivity contribution < 1.29 is 24.6 Å². The Balaban J connectivity index is 0.000000806. The summed E-state index contributed by atoms with van der Waals surface area (Å²) in [6.45, 7) is 0.337. The number of hydrogen-bond donors (Lipinski definition) is 4. The van der Waals surface area contributed by atoms with E-state index >= 15 is 0 Å². The van der Waals surface area contributed by atoms with Gasteiger partial charge in [0.05, 0.1) is 30.5 Å². The number of nitrogens with one attached hydrogen (secondary N) is 2. The van der Waals surface area contributed by atoms with E-state index in [-0.39, 0.29) is 24.2 Å². The molecule has 2 saturated carbocycles. The largest absolute Gasteiger partial charge is 0.483 e. The number of carbonyl (C=O) groups excluding carboxylic acids is 2. The number of nitrogens with zero attached hydrogens (tertiary/aromatic N) is 2. The number of hydrogen-bond acceptors (Lipinski definition) is 5. The van der Waals surface area contributed by atoms with Crippen LogP contribution in [0.3, 0.4) is 0 Å². The number of amides is 2. The van der Waals surface area contributed by atoms with Crippen molar-refractivity contribution in [1.82, 2.24) is 20.4 Å². The molecule has 0 unspecified atom stereocenters. The summed E-state index contributed by atoms with van der Waals surface area (Å²) < 4.78 is 1.71. The lowest BCUT2D eigenvalue weighted by molar-refractivity contribution is -0.125. The first-order chi connectivity index (χ1) is 14.5. The average molecular weight is 414 g/mol. The predicted molar refractivity (Wildman–Crippen MR) is 108 cm³/mol. The molecule has 2 aromatic rings. The first kappa shape index (κ1) is 21.5. The monoisotopic (exact) mass is 414 g/mol. The van der Waals surface area contributed by atoms with Gasteiger partial charge in [0.2, 0.25) is 5.91 Å². The summed E-state index contributed by atoms with van der Waals surface area (Å²) in [5, 5.41) is 27.2. The van der Waals surface area contributed by atoms with E-state index in [2.05, 4.69) is 15.7 Å². The molecule has 0 bridgehead atoms. The number of aliphatic hydroxyl groups is 1. The molecule has 9 heteroatoms. The summed E-state index contributed by atoms with van der Waals surface area (Å²) in [5.74, 6) is -0.530. The average Bonchev–Trinajstić information content (AvgIpc) is 3.28. The number of carboxylic acid groups (broad SMARTS) is 1. The predicted octanol–water partition coefficient (Wildman–Crippen LogP) is 0.780. The first-order valence-corrected chi connectivity index (χ1v) is 9.93. The maximum Gasteiger partial charge on any atom is 0.290 e. The minimum atomic E-state index is -0.705. The van der Waals surface area contributed by atoms with Gasteiger partial charge in [-0.2, -0.15) is 5.10 Å². The number of aromatic nitrogens is 2. The molecule has 9 nitrogen and oxygen atoms in total. The van der Waals surface area contributed by atoms with Gasteiger partial charge in [-0.05, 0) is 31.2 Å². The third-order valence-electron chi connectivity index (χ3n) is 5.22. The Labute approximate surface area is 174 Å². The Morgan fingerprint density at radius 2 is 1.87 bits per heavy atom. The van der Waals surface area contributed by atoms with Crippen molar-refractivity contribution in [3.8, 4) is 0 Å². The Kier molecular flexibility index (Phi) is 7.18. The molecular weight excluding hydrogens is 388 g/mol. The van der Waals surface area contributed by atoms with Crippen molar-refractivity contribution in [1.29, 1.82) is 0 Å². The molecule has 1 aromatic heterocycles. The molecule has 2 fully saturated rings. The highest BCUT2D eigenvalue weighted by atomic mass is 16.3. The van der Waals surface area contributed by atoms with Crippen LogP contribution in [0, 0.1) is 5.92 Å². The Bertz CT molecular complexity index is 865. The molecule has 4 rings (SSSR count). The normalized spacial score (nSPS) is 22.5. The highest BCUT2D eigenvalue weighted by Crippen LogP contribution is 2.28. The van der Waals surface area contributed by atoms with E-state index in [9.17, 15) is 14.7 Å². The van der Waals surface area contributed by atoms with Crippen molar-refractivity contribution in [3.05, 3.63) is 53.9 Å². The zero-order valence-corrected chi connectivity index (χ0v) is 16.5. The molecule has 3 atom stereocenters. The summed E-state index contributed by atoms with van der Waals surface area (Å²) in [5.41, 5.74) is 1.55. The molecule has 1 heterocycles. The fraction of sp³-hybridized carbons (Fsp3) is 0.429. The second-order valence-electron chi connectivity index (χ2n) is 7.62. The smallest absolute Gasteiger partial charge is 0.290 e. The Hall–Kier alpha value is -3.20. The van der Waals surface area contributed by atoms with Gasteiger partial charge in [-0.15, -0.1) is 0 Å². The van der Waals surface area contributed by atoms with E-state index in [0.29, 0.717) is 31.0 Å². The van der Waals surface area contributed by atoms with Crippen LogP contribution in [-0.2, 0) is 16.1 Å². The summed E-state index contributed by atoms with van der Waals surface area (Å²) in [7, 11) is 0. The van der Waals surface area contributed by atoms with E-state index in [1.54, 1.807) is 10.9 Å². The lowest BCUT2D eigenvalue weighted by atomic mass is 10.1. The van der Waals surface area contributed by atoms with Gasteiger partial charge in [0.15, 0.2) is 0 Å². The quantitative estimate of drug-likeness (QED) is 0.516. The summed E-state index contributed by atoms with van der Waals surface area (Å²) in [6.07, 6.45) is 5.43. The van der Waals surface area contributed by atoms with Gasteiger partial charge in [-0.1, -0.05) is 30.3 Å². The number of rotatable bonds is 6. The van der Waals surface area contributed by atoms with Crippen molar-refractivity contribution in [2.45, 2.75) is 50.4 Å². The van der Waals surface area contributed by atoms with Gasteiger partial charge in [0.1, 0.15) is 0 Å². The van der Waals surface area contributed by atoms with Crippen LogP contribution in [0.25, 0.3) is 0 Å². The first-order valence-electron chi connectivity index (χ1n) is 9.93. The molecule has 30 heavy (non-hydrogen) atoms. The van der Waals surface area contributed by atoms with E-state index < -0.39 is 12.1 Å². The number of aliphatic hydroxyl groups excluding tert-OH is 1. The van der Waals surface area contributed by atoms with E-state index in [0.717, 1.165) is 18.4 Å². The minimum Gasteiger partial charge on any atom is -0.483 e. The third-order valence-corrected chi connectivity index (χ3v) is 5.22. The molecule has 0 aliphatic heterocycles. The van der Waals surface area contributed by atoms with Crippen LogP contribution in [-0.4, -0.2) is 56.5 Å². The van der Waals surface area contributed by atoms with Crippen LogP contribution in [0.15, 0.2) is 42.7 Å². The minimum absolute atomic E-state index is 0.0102. The molecule has 0 spiro atoms. The summed E-state index contributed by atoms with van der Waals surface area (Å²) in [4.78, 5) is 33.0. The van der Waals surface area contributed by atoms with Crippen LogP contribution >= 0.6 is 0 Å². The van der Waals surface area contributed by atoms with Gasteiger partial charge < -0.3 is 20.8 Å². The maximum absolute atomic E-state index is 12.5. The third kappa shape index (κ3) is 5.90. The summed E-state index contributed by atoms with van der Waals surface area (Å²) >= 11 is 0. The van der Waals surface area contributed by atoms with Crippen molar-refractivity contribution in [2.75, 3.05) is 0 Å². The Morgan fingerprint density at radius 3 is 2.53 bits per heavy atom. The number of benzene rings is 1. The van der Waals surface area contributed by atoms with Crippen LogP contribution in [0.4, 0.5) is 0 Å². The van der Waals surface area contributed by atoms with Gasteiger partial charge >= 0.3 is 0 Å². The zero-order valence-electron chi connectivity index (χ0n) is 16.5. The SMILES string of the molecule is O=C(N[C@H]1C[C@H](C(=O)NC2CC2)C[C@@H]1O)c1cnn(Cc2ccccc2)c1.O=CO. The summed E-state index contributed by atoms with van der Waals surface area (Å²) in [6, 6.07) is 9.78. The molecule has 0 saturated heterocycles. The molecule has 4 N–H and O–H groups in total.